The first-order valence-corrected chi connectivity index (χ1v) is 5.15. The van der Waals surface area contributed by atoms with E-state index >= 15 is 0 Å². The van der Waals surface area contributed by atoms with E-state index in [1.54, 1.807) is 0 Å². The van der Waals surface area contributed by atoms with Gasteiger partial charge in [-0.15, -0.1) is 0 Å². The molecule has 0 unspecified atom stereocenters. The minimum atomic E-state index is -0.378. The summed E-state index contributed by atoms with van der Waals surface area (Å²) in [5.41, 5.74) is 0. The number of ketones is 1. The van der Waals surface area contributed by atoms with E-state index < -0.39 is 0 Å². The largest absolute Gasteiger partial charge is 0.463 e. The van der Waals surface area contributed by atoms with E-state index in [4.69, 9.17) is 4.74 Å². The van der Waals surface area contributed by atoms with Crippen molar-refractivity contribution in [3.63, 3.8) is 0 Å². The molecule has 0 bridgehead atoms. The van der Waals surface area contributed by atoms with Crippen molar-refractivity contribution in [3.8, 4) is 0 Å². The first-order valence-electron chi connectivity index (χ1n) is 5.15. The van der Waals surface area contributed by atoms with Crippen LogP contribution in [0, 0.1) is 0 Å². The molecule has 0 radical (unpaired) electrons. The molecule has 15 heavy (non-hydrogen) atoms. The van der Waals surface area contributed by atoms with Gasteiger partial charge in [-0.3, -0.25) is 4.79 Å². The van der Waals surface area contributed by atoms with Gasteiger partial charge in [0, 0.05) is 12.5 Å². The van der Waals surface area contributed by atoms with Crippen LogP contribution in [-0.4, -0.2) is 18.4 Å². The third-order valence-corrected chi connectivity index (χ3v) is 1.96. The minimum absolute atomic E-state index is 0.0908. The zero-order valence-corrected chi connectivity index (χ0v) is 9.04. The molecule has 0 heterocycles. The highest BCUT2D eigenvalue weighted by molar-refractivity contribution is 5.88. The van der Waals surface area contributed by atoms with E-state index in [-0.39, 0.29) is 11.8 Å². The molecule has 0 aromatic carbocycles. The van der Waals surface area contributed by atoms with Crippen LogP contribution in [0.2, 0.25) is 0 Å². The number of carbonyl (C=O) groups excluding carboxylic acids is 2. The Hall–Kier alpha value is -1.38. The lowest BCUT2D eigenvalue weighted by atomic mass is 10.1. The van der Waals surface area contributed by atoms with Crippen LogP contribution in [-0.2, 0) is 14.3 Å². The maximum Gasteiger partial charge on any atom is 0.330 e. The smallest absolute Gasteiger partial charge is 0.330 e. The van der Waals surface area contributed by atoms with E-state index in [9.17, 15) is 9.59 Å². The van der Waals surface area contributed by atoms with Crippen LogP contribution in [0.25, 0.3) is 0 Å². The van der Waals surface area contributed by atoms with E-state index in [1.165, 1.54) is 6.08 Å². The van der Waals surface area contributed by atoms with Crippen LogP contribution < -0.4 is 0 Å². The van der Waals surface area contributed by atoms with E-state index in [1.807, 2.05) is 0 Å². The van der Waals surface area contributed by atoms with Crippen molar-refractivity contribution in [2.75, 3.05) is 6.61 Å². The average molecular weight is 210 g/mol. The highest BCUT2D eigenvalue weighted by atomic mass is 16.5. The molecule has 0 aromatic rings. The number of hydrogen-bond donors (Lipinski definition) is 0. The molecular weight excluding hydrogens is 192 g/mol. The first-order chi connectivity index (χ1) is 7.20. The molecule has 0 rings (SSSR count). The summed E-state index contributed by atoms with van der Waals surface area (Å²) in [6.45, 7) is 7.13. The molecule has 0 aliphatic rings. The number of ether oxygens (including phenoxy) is 1. The SMILES string of the molecule is C=CC(=O)CCCCCCOC(=O)C=C. The molecule has 0 aliphatic heterocycles. The Morgan fingerprint density at radius 2 is 1.67 bits per heavy atom. The van der Waals surface area contributed by atoms with Crippen molar-refractivity contribution >= 4 is 11.8 Å². The van der Waals surface area contributed by atoms with Crippen molar-refractivity contribution in [2.45, 2.75) is 32.1 Å². The third-order valence-electron chi connectivity index (χ3n) is 1.96. The maximum atomic E-state index is 10.8. The molecule has 0 aromatic heterocycles. The van der Waals surface area contributed by atoms with Gasteiger partial charge in [-0.05, 0) is 18.9 Å². The summed E-state index contributed by atoms with van der Waals surface area (Å²) in [5, 5.41) is 0. The number of hydrogen-bond acceptors (Lipinski definition) is 3. The second-order valence-corrected chi connectivity index (χ2v) is 3.21. The Labute approximate surface area is 90.8 Å². The van der Waals surface area contributed by atoms with Crippen LogP contribution in [0.5, 0.6) is 0 Å². The second kappa shape index (κ2) is 9.19. The van der Waals surface area contributed by atoms with Crippen molar-refractivity contribution < 1.29 is 14.3 Å². The molecule has 0 amide bonds. The van der Waals surface area contributed by atoms with E-state index in [0.717, 1.165) is 31.8 Å². The molecule has 0 spiro atoms. The fraction of sp³-hybridized carbons (Fsp3) is 0.500. The van der Waals surface area contributed by atoms with Crippen molar-refractivity contribution in [2.24, 2.45) is 0 Å². The highest BCUT2D eigenvalue weighted by Crippen LogP contribution is 2.04. The minimum Gasteiger partial charge on any atom is -0.463 e. The van der Waals surface area contributed by atoms with Gasteiger partial charge >= 0.3 is 5.97 Å². The van der Waals surface area contributed by atoms with Crippen LogP contribution in [0.3, 0.4) is 0 Å². The van der Waals surface area contributed by atoms with Crippen LogP contribution in [0.1, 0.15) is 32.1 Å². The third kappa shape index (κ3) is 8.94. The normalized spacial score (nSPS) is 9.33. The highest BCUT2D eigenvalue weighted by Gasteiger charge is 1.97. The quantitative estimate of drug-likeness (QED) is 0.333. The molecule has 0 fully saturated rings. The number of unbranched alkanes of at least 4 members (excludes halogenated alkanes) is 3. The van der Waals surface area contributed by atoms with Gasteiger partial charge in [0.25, 0.3) is 0 Å². The Bertz CT molecular complexity index is 207. The van der Waals surface area contributed by atoms with Crippen LogP contribution in [0.15, 0.2) is 25.3 Å². The Kier molecular flexibility index (Phi) is 8.34. The summed E-state index contributed by atoms with van der Waals surface area (Å²) in [6, 6.07) is 0. The Morgan fingerprint density at radius 3 is 2.27 bits per heavy atom. The Morgan fingerprint density at radius 1 is 1.00 bits per heavy atom. The lowest BCUT2D eigenvalue weighted by molar-refractivity contribution is -0.137. The van der Waals surface area contributed by atoms with Crippen molar-refractivity contribution in [3.05, 3.63) is 25.3 Å². The lowest BCUT2D eigenvalue weighted by Gasteiger charge is -2.01. The van der Waals surface area contributed by atoms with E-state index in [2.05, 4.69) is 13.2 Å². The Balaban J connectivity index is 3.18. The van der Waals surface area contributed by atoms with Gasteiger partial charge in [0.1, 0.15) is 0 Å². The fourth-order valence-electron chi connectivity index (χ4n) is 1.09. The summed E-state index contributed by atoms with van der Waals surface area (Å²) in [7, 11) is 0. The predicted octanol–water partition coefficient (Wildman–Crippen LogP) is 2.42. The van der Waals surface area contributed by atoms with Gasteiger partial charge < -0.3 is 4.74 Å². The molecule has 0 N–H and O–H groups in total. The van der Waals surface area contributed by atoms with Crippen LogP contribution >= 0.6 is 0 Å². The molecule has 0 saturated heterocycles. The molecule has 3 heteroatoms. The van der Waals surface area contributed by atoms with Crippen LogP contribution in [0.4, 0.5) is 0 Å². The summed E-state index contributed by atoms with van der Waals surface area (Å²) in [4.78, 5) is 21.5. The fourth-order valence-corrected chi connectivity index (χ4v) is 1.09. The number of carbonyl (C=O) groups is 2. The molecule has 0 saturated carbocycles. The van der Waals surface area contributed by atoms with Crippen molar-refractivity contribution in [1.29, 1.82) is 0 Å². The number of rotatable bonds is 9. The predicted molar refractivity (Wildman–Crippen MR) is 59.4 cm³/mol. The number of esters is 1. The van der Waals surface area contributed by atoms with Gasteiger partial charge in [-0.25, -0.2) is 4.79 Å². The topological polar surface area (TPSA) is 43.4 Å². The molecular formula is C12H18O3. The first kappa shape index (κ1) is 13.6. The summed E-state index contributed by atoms with van der Waals surface area (Å²) < 4.78 is 4.80. The van der Waals surface area contributed by atoms with Gasteiger partial charge in [-0.1, -0.05) is 26.0 Å². The molecule has 3 nitrogen and oxygen atoms in total. The molecule has 0 aliphatic carbocycles. The summed E-state index contributed by atoms with van der Waals surface area (Å²) in [5.74, 6) is -0.287. The molecule has 84 valence electrons. The average Bonchev–Trinajstić information content (AvgIpc) is 2.26. The van der Waals surface area contributed by atoms with E-state index in [0.29, 0.717) is 13.0 Å². The van der Waals surface area contributed by atoms with Gasteiger partial charge in [-0.2, -0.15) is 0 Å². The summed E-state index contributed by atoms with van der Waals surface area (Å²) in [6.07, 6.45) is 6.73. The zero-order chi connectivity index (χ0) is 11.5. The lowest BCUT2D eigenvalue weighted by Crippen LogP contribution is -2.01. The maximum absolute atomic E-state index is 10.8. The van der Waals surface area contributed by atoms with Crippen molar-refractivity contribution in [1.82, 2.24) is 0 Å². The number of allylic oxidation sites excluding steroid dienone is 1. The van der Waals surface area contributed by atoms with Gasteiger partial charge in [0.05, 0.1) is 6.61 Å². The monoisotopic (exact) mass is 210 g/mol. The standard InChI is InChI=1S/C12H18O3/c1-3-11(13)9-7-5-6-8-10-15-12(14)4-2/h3-4H,1-2,5-10H2. The summed E-state index contributed by atoms with van der Waals surface area (Å²) >= 11 is 0. The zero-order valence-electron chi connectivity index (χ0n) is 9.04. The van der Waals surface area contributed by atoms with Gasteiger partial charge in [0.2, 0.25) is 0 Å². The molecule has 0 atom stereocenters. The van der Waals surface area contributed by atoms with Gasteiger partial charge in [0.15, 0.2) is 5.78 Å². The second-order valence-electron chi connectivity index (χ2n) is 3.21.